The topological polar surface area (TPSA) is 38.3 Å². The van der Waals surface area contributed by atoms with Crippen molar-refractivity contribution in [3.05, 3.63) is 54.6 Å². The van der Waals surface area contributed by atoms with E-state index in [0.717, 1.165) is 43.1 Å². The Morgan fingerprint density at radius 3 is 2.54 bits per heavy atom. The first-order valence-corrected chi connectivity index (χ1v) is 9.32. The first-order chi connectivity index (χ1) is 11.8. The lowest BCUT2D eigenvalue weighted by molar-refractivity contribution is -0.116. The van der Waals surface area contributed by atoms with Crippen LogP contribution in [0.15, 0.2) is 64.4 Å². The summed E-state index contributed by atoms with van der Waals surface area (Å²) in [5, 5.41) is 3.08. The van der Waals surface area contributed by atoms with Crippen molar-refractivity contribution in [2.45, 2.75) is 35.5 Å². The van der Waals surface area contributed by atoms with Gasteiger partial charge >= 0.3 is 0 Å². The molecule has 1 amide bonds. The molecule has 2 aromatic rings. The van der Waals surface area contributed by atoms with E-state index in [2.05, 4.69) is 17.4 Å². The third-order valence-corrected chi connectivity index (χ3v) is 5.34. The molecule has 1 N–H and O–H groups in total. The second kappa shape index (κ2) is 8.90. The van der Waals surface area contributed by atoms with Crippen molar-refractivity contribution in [2.75, 3.05) is 18.5 Å². The number of para-hydroxylation sites is 1. The lowest BCUT2D eigenvalue weighted by atomic mass is 9.95. The van der Waals surface area contributed by atoms with Crippen LogP contribution in [0, 0.1) is 5.92 Å². The maximum Gasteiger partial charge on any atom is 0.224 e. The number of carbonyl (C=O) groups excluding carboxylic acids is 1. The van der Waals surface area contributed by atoms with Crippen LogP contribution in [0.2, 0.25) is 0 Å². The van der Waals surface area contributed by atoms with Gasteiger partial charge < -0.3 is 10.1 Å². The van der Waals surface area contributed by atoms with Gasteiger partial charge in [-0.05, 0) is 49.4 Å². The molecule has 1 aliphatic heterocycles. The van der Waals surface area contributed by atoms with Gasteiger partial charge in [-0.1, -0.05) is 42.1 Å². The Bertz CT molecular complexity index is 654. The summed E-state index contributed by atoms with van der Waals surface area (Å²) in [7, 11) is 0. The summed E-state index contributed by atoms with van der Waals surface area (Å²) in [6.45, 7) is 1.67. The first kappa shape index (κ1) is 17.1. The van der Waals surface area contributed by atoms with Crippen LogP contribution in [0.3, 0.4) is 0 Å². The van der Waals surface area contributed by atoms with Gasteiger partial charge in [0.25, 0.3) is 0 Å². The highest BCUT2D eigenvalue weighted by Gasteiger charge is 2.15. The normalized spacial score (nSPS) is 15.2. The summed E-state index contributed by atoms with van der Waals surface area (Å²) >= 11 is 1.67. The fourth-order valence-electron chi connectivity index (χ4n) is 2.86. The Kier molecular flexibility index (Phi) is 6.33. The Morgan fingerprint density at radius 1 is 1.04 bits per heavy atom. The van der Waals surface area contributed by atoms with Gasteiger partial charge in [-0.25, -0.2) is 0 Å². The average Bonchev–Trinajstić information content (AvgIpc) is 2.63. The third-order valence-electron chi connectivity index (χ3n) is 4.25. The quantitative estimate of drug-likeness (QED) is 0.805. The second-order valence-electron chi connectivity index (χ2n) is 6.05. The summed E-state index contributed by atoms with van der Waals surface area (Å²) in [6, 6.07) is 18.2. The van der Waals surface area contributed by atoms with Crippen LogP contribution in [0.4, 0.5) is 5.69 Å². The molecule has 1 aliphatic rings. The monoisotopic (exact) mass is 341 g/mol. The van der Waals surface area contributed by atoms with Crippen LogP contribution >= 0.6 is 11.8 Å². The Labute approximate surface area is 147 Å². The minimum atomic E-state index is 0.0996. The van der Waals surface area contributed by atoms with E-state index < -0.39 is 0 Å². The molecular weight excluding hydrogens is 318 g/mol. The molecule has 1 heterocycles. The number of carbonyl (C=O) groups is 1. The van der Waals surface area contributed by atoms with Gasteiger partial charge in [-0.3, -0.25) is 4.79 Å². The Hall–Kier alpha value is -1.78. The van der Waals surface area contributed by atoms with Crippen molar-refractivity contribution in [1.82, 2.24) is 0 Å². The van der Waals surface area contributed by atoms with Gasteiger partial charge in [0.1, 0.15) is 0 Å². The molecule has 0 radical (unpaired) electrons. The van der Waals surface area contributed by atoms with Crippen molar-refractivity contribution in [3.63, 3.8) is 0 Å². The highest BCUT2D eigenvalue weighted by molar-refractivity contribution is 7.99. The highest BCUT2D eigenvalue weighted by Crippen LogP contribution is 2.33. The number of hydrogen-bond donors (Lipinski definition) is 1. The number of anilines is 1. The zero-order chi connectivity index (χ0) is 16.6. The van der Waals surface area contributed by atoms with Crippen LogP contribution < -0.4 is 5.32 Å². The SMILES string of the molecule is O=C(CCC1CCOCC1)Nc1ccccc1Sc1ccccc1. The third kappa shape index (κ3) is 5.11. The van der Waals surface area contributed by atoms with Crippen molar-refractivity contribution in [2.24, 2.45) is 5.92 Å². The molecule has 2 aromatic carbocycles. The van der Waals surface area contributed by atoms with Crippen LogP contribution in [0.5, 0.6) is 0 Å². The zero-order valence-corrected chi connectivity index (χ0v) is 14.6. The highest BCUT2D eigenvalue weighted by atomic mass is 32.2. The zero-order valence-electron chi connectivity index (χ0n) is 13.7. The van der Waals surface area contributed by atoms with Gasteiger partial charge in [0.2, 0.25) is 5.91 Å². The van der Waals surface area contributed by atoms with Crippen molar-refractivity contribution >= 4 is 23.4 Å². The standard InChI is InChI=1S/C20H23NO2S/c22-20(11-10-16-12-14-23-15-13-16)21-18-8-4-5-9-19(18)24-17-6-2-1-3-7-17/h1-9,16H,10-15H2,(H,21,22). The maximum atomic E-state index is 12.3. The van der Waals surface area contributed by atoms with Crippen molar-refractivity contribution in [3.8, 4) is 0 Å². The molecule has 0 saturated carbocycles. The fraction of sp³-hybridized carbons (Fsp3) is 0.350. The molecule has 3 nitrogen and oxygen atoms in total. The summed E-state index contributed by atoms with van der Waals surface area (Å²) in [6.07, 6.45) is 3.68. The number of rotatable bonds is 6. The first-order valence-electron chi connectivity index (χ1n) is 8.51. The second-order valence-corrected chi connectivity index (χ2v) is 7.17. The van der Waals surface area contributed by atoms with Crippen molar-refractivity contribution < 1.29 is 9.53 Å². The van der Waals surface area contributed by atoms with Gasteiger partial charge in [0, 0.05) is 29.4 Å². The van der Waals surface area contributed by atoms with E-state index in [-0.39, 0.29) is 5.91 Å². The molecule has 0 spiro atoms. The fourth-order valence-corrected chi connectivity index (χ4v) is 3.78. The van der Waals surface area contributed by atoms with E-state index in [0.29, 0.717) is 12.3 Å². The summed E-state index contributed by atoms with van der Waals surface area (Å²) in [5.41, 5.74) is 0.892. The molecular formula is C20H23NO2S. The van der Waals surface area contributed by atoms with E-state index in [4.69, 9.17) is 4.74 Å². The molecule has 4 heteroatoms. The lowest BCUT2D eigenvalue weighted by Gasteiger charge is -2.21. The largest absolute Gasteiger partial charge is 0.381 e. The van der Waals surface area contributed by atoms with Crippen LogP contribution in [-0.2, 0) is 9.53 Å². The van der Waals surface area contributed by atoms with Crippen LogP contribution in [-0.4, -0.2) is 19.1 Å². The van der Waals surface area contributed by atoms with Gasteiger partial charge in [0.15, 0.2) is 0 Å². The number of benzene rings is 2. The molecule has 1 fully saturated rings. The molecule has 126 valence electrons. The Morgan fingerprint density at radius 2 is 1.75 bits per heavy atom. The molecule has 0 unspecified atom stereocenters. The molecule has 3 rings (SSSR count). The number of nitrogens with one attached hydrogen (secondary N) is 1. The minimum Gasteiger partial charge on any atom is -0.381 e. The molecule has 24 heavy (non-hydrogen) atoms. The predicted molar refractivity (Wildman–Crippen MR) is 98.4 cm³/mol. The summed E-state index contributed by atoms with van der Waals surface area (Å²) in [4.78, 5) is 14.5. The smallest absolute Gasteiger partial charge is 0.224 e. The summed E-state index contributed by atoms with van der Waals surface area (Å²) in [5.74, 6) is 0.723. The van der Waals surface area contributed by atoms with Crippen LogP contribution in [0.25, 0.3) is 0 Å². The van der Waals surface area contributed by atoms with Crippen LogP contribution in [0.1, 0.15) is 25.7 Å². The molecule has 0 atom stereocenters. The van der Waals surface area contributed by atoms with E-state index in [1.54, 1.807) is 11.8 Å². The summed E-state index contributed by atoms with van der Waals surface area (Å²) < 4.78 is 5.37. The molecule has 0 aromatic heterocycles. The van der Waals surface area contributed by atoms with E-state index >= 15 is 0 Å². The van der Waals surface area contributed by atoms with Gasteiger partial charge in [-0.15, -0.1) is 0 Å². The number of ether oxygens (including phenoxy) is 1. The average molecular weight is 341 g/mol. The molecule has 0 aliphatic carbocycles. The lowest BCUT2D eigenvalue weighted by Crippen LogP contribution is -2.19. The Balaban J connectivity index is 1.57. The minimum absolute atomic E-state index is 0.0996. The van der Waals surface area contributed by atoms with Gasteiger partial charge in [-0.2, -0.15) is 0 Å². The molecule has 0 bridgehead atoms. The number of amides is 1. The van der Waals surface area contributed by atoms with Crippen molar-refractivity contribution in [1.29, 1.82) is 0 Å². The maximum absolute atomic E-state index is 12.3. The van der Waals surface area contributed by atoms with E-state index in [1.165, 1.54) is 4.90 Å². The number of hydrogen-bond acceptors (Lipinski definition) is 3. The predicted octanol–water partition coefficient (Wildman–Crippen LogP) is 4.98. The van der Waals surface area contributed by atoms with E-state index in [9.17, 15) is 4.79 Å². The molecule has 1 saturated heterocycles. The van der Waals surface area contributed by atoms with Gasteiger partial charge in [0.05, 0.1) is 5.69 Å². The van der Waals surface area contributed by atoms with E-state index in [1.807, 2.05) is 42.5 Å².